The molecule has 0 N–H and O–H groups in total. The normalized spacial score (nSPS) is 18.0. The lowest BCUT2D eigenvalue weighted by Gasteiger charge is -2.22. The Kier molecular flexibility index (Phi) is 7.85. The fourth-order valence-corrected chi connectivity index (χ4v) is 2.30. The molecule has 0 bridgehead atoms. The molecule has 1 aliphatic heterocycles. The maximum Gasteiger partial charge on any atom is 0.310 e. The van der Waals surface area contributed by atoms with E-state index < -0.39 is 17.6 Å². The fourth-order valence-electron chi connectivity index (χ4n) is 2.30. The lowest BCUT2D eigenvalue weighted by atomic mass is 10.1. The highest BCUT2D eigenvalue weighted by molar-refractivity contribution is 5.72. The molecule has 1 atom stereocenters. The predicted molar refractivity (Wildman–Crippen MR) is 84.3 cm³/mol. The second-order valence-electron chi connectivity index (χ2n) is 5.54. The van der Waals surface area contributed by atoms with Crippen molar-refractivity contribution in [2.45, 2.75) is 38.4 Å². The third-order valence-corrected chi connectivity index (χ3v) is 3.57. The van der Waals surface area contributed by atoms with Gasteiger partial charge in [-0.2, -0.15) is 0 Å². The SMILES string of the molecule is O=C(Cc1ccc(F)c(F)c1)OC/C=C/CCOC1CCCCO1. The summed E-state index contributed by atoms with van der Waals surface area (Å²) in [5.41, 5.74) is 0.378. The summed E-state index contributed by atoms with van der Waals surface area (Å²) >= 11 is 0. The van der Waals surface area contributed by atoms with Crippen molar-refractivity contribution in [1.82, 2.24) is 0 Å². The van der Waals surface area contributed by atoms with Gasteiger partial charge in [0.1, 0.15) is 6.61 Å². The minimum atomic E-state index is -0.970. The van der Waals surface area contributed by atoms with Crippen LogP contribution in [-0.4, -0.2) is 32.1 Å². The molecule has 4 nitrogen and oxygen atoms in total. The third-order valence-electron chi connectivity index (χ3n) is 3.57. The molecule has 24 heavy (non-hydrogen) atoms. The number of ether oxygens (including phenoxy) is 3. The van der Waals surface area contributed by atoms with E-state index in [0.29, 0.717) is 18.6 Å². The first kappa shape index (κ1) is 18.5. The van der Waals surface area contributed by atoms with Crippen LogP contribution in [0.5, 0.6) is 0 Å². The molecule has 1 fully saturated rings. The van der Waals surface area contributed by atoms with Gasteiger partial charge in [0.15, 0.2) is 17.9 Å². The predicted octanol–water partition coefficient (Wildman–Crippen LogP) is 3.54. The van der Waals surface area contributed by atoms with E-state index >= 15 is 0 Å². The first-order valence-corrected chi connectivity index (χ1v) is 8.13. The van der Waals surface area contributed by atoms with Gasteiger partial charge in [-0.1, -0.05) is 18.2 Å². The summed E-state index contributed by atoms with van der Waals surface area (Å²) in [6, 6.07) is 3.35. The lowest BCUT2D eigenvalue weighted by Crippen LogP contribution is -2.22. The van der Waals surface area contributed by atoms with E-state index in [1.165, 1.54) is 6.07 Å². The van der Waals surface area contributed by atoms with Crippen LogP contribution < -0.4 is 0 Å². The summed E-state index contributed by atoms with van der Waals surface area (Å²) in [7, 11) is 0. The van der Waals surface area contributed by atoms with Crippen molar-refractivity contribution < 1.29 is 27.8 Å². The highest BCUT2D eigenvalue weighted by Crippen LogP contribution is 2.13. The average molecular weight is 340 g/mol. The van der Waals surface area contributed by atoms with Gasteiger partial charge >= 0.3 is 5.97 Å². The van der Waals surface area contributed by atoms with E-state index in [1.54, 1.807) is 6.08 Å². The zero-order valence-corrected chi connectivity index (χ0v) is 13.5. The van der Waals surface area contributed by atoms with Crippen LogP contribution in [0.15, 0.2) is 30.4 Å². The highest BCUT2D eigenvalue weighted by atomic mass is 19.2. The minimum Gasteiger partial charge on any atom is -0.461 e. The largest absolute Gasteiger partial charge is 0.461 e. The molecular weight excluding hydrogens is 318 g/mol. The summed E-state index contributed by atoms with van der Waals surface area (Å²) in [5.74, 6) is -2.39. The quantitative estimate of drug-likeness (QED) is 0.412. The summed E-state index contributed by atoms with van der Waals surface area (Å²) in [4.78, 5) is 11.6. The van der Waals surface area contributed by atoms with Crippen LogP contribution in [0.1, 0.15) is 31.2 Å². The summed E-state index contributed by atoms with van der Waals surface area (Å²) < 4.78 is 41.8. The first-order chi connectivity index (χ1) is 11.6. The Hall–Kier alpha value is -1.79. The Bertz CT molecular complexity index is 554. The van der Waals surface area contributed by atoms with E-state index in [9.17, 15) is 13.6 Å². The van der Waals surface area contributed by atoms with Crippen LogP contribution in [0.4, 0.5) is 8.78 Å². The number of esters is 1. The molecule has 0 radical (unpaired) electrons. The maximum atomic E-state index is 13.0. The summed E-state index contributed by atoms with van der Waals surface area (Å²) in [6.45, 7) is 1.46. The van der Waals surface area contributed by atoms with Crippen LogP contribution >= 0.6 is 0 Å². The number of benzene rings is 1. The number of rotatable bonds is 8. The van der Waals surface area contributed by atoms with Gasteiger partial charge in [0.05, 0.1) is 13.0 Å². The van der Waals surface area contributed by atoms with Crippen molar-refractivity contribution >= 4 is 5.97 Å². The first-order valence-electron chi connectivity index (χ1n) is 8.13. The Labute approximate surface area is 140 Å². The number of carbonyl (C=O) groups is 1. The van der Waals surface area contributed by atoms with Crippen molar-refractivity contribution in [3.63, 3.8) is 0 Å². The maximum absolute atomic E-state index is 13.0. The van der Waals surface area contributed by atoms with Crippen molar-refractivity contribution in [3.05, 3.63) is 47.5 Å². The number of hydrogen-bond acceptors (Lipinski definition) is 4. The second kappa shape index (κ2) is 10.2. The van der Waals surface area contributed by atoms with Crippen LogP contribution in [-0.2, 0) is 25.4 Å². The lowest BCUT2D eigenvalue weighted by molar-refractivity contribution is -0.161. The number of carbonyl (C=O) groups excluding carboxylic acids is 1. The molecule has 0 aliphatic carbocycles. The highest BCUT2D eigenvalue weighted by Gasteiger charge is 2.13. The van der Waals surface area contributed by atoms with Gasteiger partial charge in [-0.3, -0.25) is 4.79 Å². The van der Waals surface area contributed by atoms with Crippen molar-refractivity contribution in [2.75, 3.05) is 19.8 Å². The summed E-state index contributed by atoms with van der Waals surface area (Å²) in [6.07, 6.45) is 7.28. The molecule has 1 aromatic carbocycles. The number of hydrogen-bond donors (Lipinski definition) is 0. The fraction of sp³-hybridized carbons (Fsp3) is 0.500. The van der Waals surface area contributed by atoms with E-state index in [1.807, 2.05) is 6.08 Å². The van der Waals surface area contributed by atoms with E-state index in [2.05, 4.69) is 0 Å². The van der Waals surface area contributed by atoms with Gasteiger partial charge in [0, 0.05) is 6.61 Å². The minimum absolute atomic E-state index is 0.0901. The average Bonchev–Trinajstić information content (AvgIpc) is 2.58. The van der Waals surface area contributed by atoms with Crippen LogP contribution in [0.3, 0.4) is 0 Å². The van der Waals surface area contributed by atoms with E-state index in [0.717, 1.165) is 38.0 Å². The molecule has 1 aliphatic rings. The zero-order chi connectivity index (χ0) is 17.2. The van der Waals surface area contributed by atoms with Crippen molar-refractivity contribution in [1.29, 1.82) is 0 Å². The van der Waals surface area contributed by atoms with E-state index in [-0.39, 0.29) is 19.3 Å². The Morgan fingerprint density at radius 2 is 2.12 bits per heavy atom. The van der Waals surface area contributed by atoms with E-state index in [4.69, 9.17) is 14.2 Å². The standard InChI is InChI=1S/C18H22F2O4/c19-15-8-7-14(12-16(15)20)13-17(21)22-9-3-1-4-10-23-18-6-2-5-11-24-18/h1,3,7-8,12,18H,2,4-6,9-11,13H2/b3-1+. The van der Waals surface area contributed by atoms with Crippen molar-refractivity contribution in [3.8, 4) is 0 Å². The monoisotopic (exact) mass is 340 g/mol. The zero-order valence-electron chi connectivity index (χ0n) is 13.5. The molecule has 0 spiro atoms. The molecule has 1 aromatic rings. The van der Waals surface area contributed by atoms with Gasteiger partial charge in [0.2, 0.25) is 0 Å². The molecule has 0 aromatic heterocycles. The molecule has 0 saturated carbocycles. The second-order valence-corrected chi connectivity index (χ2v) is 5.54. The molecule has 6 heteroatoms. The van der Waals surface area contributed by atoms with Gasteiger partial charge in [-0.25, -0.2) is 8.78 Å². The number of halogens is 2. The van der Waals surface area contributed by atoms with Crippen molar-refractivity contribution in [2.24, 2.45) is 0 Å². The van der Waals surface area contributed by atoms with Gasteiger partial charge in [-0.15, -0.1) is 0 Å². The molecule has 2 rings (SSSR count). The Morgan fingerprint density at radius 1 is 1.25 bits per heavy atom. The topological polar surface area (TPSA) is 44.8 Å². The Morgan fingerprint density at radius 3 is 2.88 bits per heavy atom. The molecule has 1 unspecified atom stereocenters. The van der Waals surface area contributed by atoms with Gasteiger partial charge in [-0.05, 0) is 43.4 Å². The van der Waals surface area contributed by atoms with Crippen LogP contribution in [0.25, 0.3) is 0 Å². The van der Waals surface area contributed by atoms with Crippen LogP contribution in [0.2, 0.25) is 0 Å². The molecule has 132 valence electrons. The third kappa shape index (κ3) is 6.76. The Balaban J connectivity index is 1.55. The van der Waals surface area contributed by atoms with Gasteiger partial charge < -0.3 is 14.2 Å². The molecular formula is C18H22F2O4. The molecule has 1 heterocycles. The summed E-state index contributed by atoms with van der Waals surface area (Å²) in [5, 5.41) is 0. The molecule has 1 saturated heterocycles. The smallest absolute Gasteiger partial charge is 0.310 e. The molecule has 0 amide bonds. The van der Waals surface area contributed by atoms with Crippen LogP contribution in [0, 0.1) is 11.6 Å². The van der Waals surface area contributed by atoms with Gasteiger partial charge in [0.25, 0.3) is 0 Å².